The molecule has 0 radical (unpaired) electrons. The van der Waals surface area contributed by atoms with Crippen LogP contribution in [0.3, 0.4) is 0 Å². The number of hydrogen-bond acceptors (Lipinski definition) is 7. The van der Waals surface area contributed by atoms with Gasteiger partial charge in [0.2, 0.25) is 0 Å². The molecule has 34 heavy (non-hydrogen) atoms. The van der Waals surface area contributed by atoms with E-state index in [4.69, 9.17) is 9.47 Å². The molecule has 1 amide bonds. The van der Waals surface area contributed by atoms with Crippen molar-refractivity contribution in [1.82, 2.24) is 10.2 Å². The van der Waals surface area contributed by atoms with Crippen molar-refractivity contribution in [2.24, 2.45) is 0 Å². The summed E-state index contributed by atoms with van der Waals surface area (Å²) in [5.41, 5.74) is 3.59. The first-order chi connectivity index (χ1) is 16.5. The number of aromatic hydroxyl groups is 1. The molecule has 2 N–H and O–H groups in total. The molecule has 1 aliphatic rings. The number of ether oxygens (including phenoxy) is 2. The van der Waals surface area contributed by atoms with Gasteiger partial charge in [-0.25, -0.2) is 4.79 Å². The van der Waals surface area contributed by atoms with Crippen molar-refractivity contribution < 1.29 is 24.2 Å². The Balaban J connectivity index is 1.65. The highest BCUT2D eigenvalue weighted by Crippen LogP contribution is 2.46. The standard InChI is InChI=1S/C25H21N3O5S/c1-3-33-25(31)14-6-9-16(10-7-14)28-23(15-8-11-17(29)18(13-15)32-2)20-21(19-5-4-12-34-19)26-27-22(20)24(28)30/h4-13,23,29H,3H2,1-2H3,(H,26,27)/t23-/m0/s1. The second kappa shape index (κ2) is 8.68. The number of aromatic nitrogens is 2. The maximum atomic E-state index is 13.6. The summed E-state index contributed by atoms with van der Waals surface area (Å²) in [5.74, 6) is -0.381. The first-order valence-corrected chi connectivity index (χ1v) is 11.5. The van der Waals surface area contributed by atoms with Gasteiger partial charge in [0.05, 0.1) is 35.9 Å². The molecule has 172 valence electrons. The molecule has 0 bridgehead atoms. The predicted molar refractivity (Wildman–Crippen MR) is 128 cm³/mol. The average Bonchev–Trinajstić information content (AvgIpc) is 3.58. The summed E-state index contributed by atoms with van der Waals surface area (Å²) < 4.78 is 10.4. The van der Waals surface area contributed by atoms with Gasteiger partial charge >= 0.3 is 5.97 Å². The third kappa shape index (κ3) is 3.50. The van der Waals surface area contributed by atoms with Gasteiger partial charge < -0.3 is 14.6 Å². The lowest BCUT2D eigenvalue weighted by Crippen LogP contribution is -2.29. The van der Waals surface area contributed by atoms with E-state index in [1.165, 1.54) is 7.11 Å². The number of carbonyl (C=O) groups excluding carboxylic acids is 2. The number of hydrogen-bond donors (Lipinski definition) is 2. The van der Waals surface area contributed by atoms with Crippen molar-refractivity contribution in [3.8, 4) is 22.1 Å². The molecule has 9 heteroatoms. The zero-order valence-electron chi connectivity index (χ0n) is 18.4. The number of fused-ring (bicyclic) bond motifs is 1. The van der Waals surface area contributed by atoms with Crippen molar-refractivity contribution >= 4 is 28.9 Å². The highest BCUT2D eigenvalue weighted by Gasteiger charge is 2.43. The molecule has 0 saturated carbocycles. The normalized spacial score (nSPS) is 14.8. The molecule has 1 atom stereocenters. The lowest BCUT2D eigenvalue weighted by Gasteiger charge is -2.27. The summed E-state index contributed by atoms with van der Waals surface area (Å²) in [6.07, 6.45) is 0. The molecular weight excluding hydrogens is 454 g/mol. The number of carbonyl (C=O) groups is 2. The highest BCUT2D eigenvalue weighted by molar-refractivity contribution is 7.13. The van der Waals surface area contributed by atoms with Crippen LogP contribution in [-0.4, -0.2) is 40.9 Å². The molecule has 0 saturated heterocycles. The molecule has 0 unspecified atom stereocenters. The van der Waals surface area contributed by atoms with E-state index in [2.05, 4.69) is 10.2 Å². The number of H-pyrrole nitrogens is 1. The van der Waals surface area contributed by atoms with E-state index in [0.29, 0.717) is 22.7 Å². The summed E-state index contributed by atoms with van der Waals surface area (Å²) >= 11 is 1.54. The first-order valence-electron chi connectivity index (χ1n) is 10.6. The van der Waals surface area contributed by atoms with Gasteiger partial charge in [-0.15, -0.1) is 11.3 Å². The molecule has 2 aromatic heterocycles. The fourth-order valence-electron chi connectivity index (χ4n) is 4.17. The van der Waals surface area contributed by atoms with Crippen LogP contribution in [0, 0.1) is 0 Å². The minimum atomic E-state index is -0.527. The van der Waals surface area contributed by atoms with Crippen LogP contribution in [0.25, 0.3) is 10.6 Å². The number of nitrogens with one attached hydrogen (secondary N) is 1. The maximum absolute atomic E-state index is 13.6. The number of nitrogens with zero attached hydrogens (tertiary/aromatic N) is 2. The van der Waals surface area contributed by atoms with E-state index in [-0.39, 0.29) is 18.3 Å². The van der Waals surface area contributed by atoms with Crippen LogP contribution in [0.5, 0.6) is 11.5 Å². The molecule has 0 spiro atoms. The zero-order valence-corrected chi connectivity index (χ0v) is 19.3. The molecule has 0 aliphatic carbocycles. The summed E-state index contributed by atoms with van der Waals surface area (Å²) in [6, 6.07) is 15.1. The third-order valence-corrected chi connectivity index (χ3v) is 6.59. The molecule has 4 aromatic rings. The molecule has 8 nitrogen and oxygen atoms in total. The number of thiophene rings is 1. The van der Waals surface area contributed by atoms with Gasteiger partial charge in [-0.2, -0.15) is 5.10 Å². The van der Waals surface area contributed by atoms with Crippen LogP contribution < -0.4 is 9.64 Å². The minimum Gasteiger partial charge on any atom is -0.504 e. The van der Waals surface area contributed by atoms with Crippen LogP contribution in [0.4, 0.5) is 5.69 Å². The Hall–Kier alpha value is -4.11. The van der Waals surface area contributed by atoms with Crippen LogP contribution >= 0.6 is 11.3 Å². The molecule has 3 heterocycles. The number of esters is 1. The Morgan fingerprint density at radius 2 is 2.00 bits per heavy atom. The van der Waals surface area contributed by atoms with E-state index in [1.807, 2.05) is 17.5 Å². The molecule has 2 aromatic carbocycles. The Labute approximate surface area is 199 Å². The van der Waals surface area contributed by atoms with Gasteiger partial charge in [-0.3, -0.25) is 14.8 Å². The lowest BCUT2D eigenvalue weighted by molar-refractivity contribution is 0.0526. The second-order valence-corrected chi connectivity index (χ2v) is 8.56. The van der Waals surface area contributed by atoms with Crippen molar-refractivity contribution in [2.45, 2.75) is 13.0 Å². The number of phenols is 1. The zero-order chi connectivity index (χ0) is 23.8. The van der Waals surface area contributed by atoms with Crippen molar-refractivity contribution in [1.29, 1.82) is 0 Å². The highest BCUT2D eigenvalue weighted by atomic mass is 32.1. The molecule has 1 aliphatic heterocycles. The SMILES string of the molecule is CCOC(=O)c1ccc(N2C(=O)c3n[nH]c(-c4cccs4)c3[C@@H]2c2ccc(O)c(OC)c2)cc1. The Morgan fingerprint density at radius 3 is 2.68 bits per heavy atom. The van der Waals surface area contributed by atoms with Gasteiger partial charge in [0.15, 0.2) is 17.2 Å². The first kappa shape index (κ1) is 21.7. The third-order valence-electron chi connectivity index (χ3n) is 5.70. The van der Waals surface area contributed by atoms with E-state index in [0.717, 1.165) is 21.7 Å². The smallest absolute Gasteiger partial charge is 0.338 e. The largest absolute Gasteiger partial charge is 0.504 e. The quantitative estimate of drug-likeness (QED) is 0.389. The summed E-state index contributed by atoms with van der Waals surface area (Å²) in [4.78, 5) is 28.3. The van der Waals surface area contributed by atoms with E-state index < -0.39 is 12.0 Å². The van der Waals surface area contributed by atoms with Crippen molar-refractivity contribution in [2.75, 3.05) is 18.6 Å². The van der Waals surface area contributed by atoms with Crippen LogP contribution in [0.1, 0.15) is 44.9 Å². The predicted octanol–water partition coefficient (Wildman–Crippen LogP) is 4.78. The van der Waals surface area contributed by atoms with Gasteiger partial charge in [-0.05, 0) is 60.3 Å². The lowest BCUT2D eigenvalue weighted by atomic mass is 9.97. The number of aromatic amines is 1. The van der Waals surface area contributed by atoms with Gasteiger partial charge in [0.1, 0.15) is 0 Å². The van der Waals surface area contributed by atoms with Gasteiger partial charge in [-0.1, -0.05) is 12.1 Å². The van der Waals surface area contributed by atoms with Crippen molar-refractivity contribution in [3.05, 3.63) is 82.4 Å². The number of amides is 1. The van der Waals surface area contributed by atoms with E-state index >= 15 is 0 Å². The number of anilines is 1. The monoisotopic (exact) mass is 475 g/mol. The number of phenolic OH excluding ortho intramolecular Hbond substituents is 1. The fraction of sp³-hybridized carbons (Fsp3) is 0.160. The van der Waals surface area contributed by atoms with Gasteiger partial charge in [0, 0.05) is 11.3 Å². The Morgan fingerprint density at radius 1 is 1.21 bits per heavy atom. The van der Waals surface area contributed by atoms with Crippen LogP contribution in [0.15, 0.2) is 60.0 Å². The topological polar surface area (TPSA) is 105 Å². The number of methoxy groups -OCH3 is 1. The molecule has 0 fully saturated rings. The van der Waals surface area contributed by atoms with Crippen LogP contribution in [0.2, 0.25) is 0 Å². The molecule has 5 rings (SSSR count). The summed E-state index contributed by atoms with van der Waals surface area (Å²) in [7, 11) is 1.48. The van der Waals surface area contributed by atoms with E-state index in [1.54, 1.807) is 65.6 Å². The Kier molecular flexibility index (Phi) is 5.54. The van der Waals surface area contributed by atoms with E-state index in [9.17, 15) is 14.7 Å². The van der Waals surface area contributed by atoms with Crippen LogP contribution in [-0.2, 0) is 4.74 Å². The maximum Gasteiger partial charge on any atom is 0.338 e. The number of rotatable bonds is 6. The average molecular weight is 476 g/mol. The Bertz CT molecular complexity index is 1360. The second-order valence-electron chi connectivity index (χ2n) is 7.61. The summed E-state index contributed by atoms with van der Waals surface area (Å²) in [6.45, 7) is 2.03. The molecular formula is C25H21N3O5S. The van der Waals surface area contributed by atoms with Gasteiger partial charge in [0.25, 0.3) is 5.91 Å². The summed E-state index contributed by atoms with van der Waals surface area (Å²) in [5, 5.41) is 19.5. The number of benzene rings is 2. The van der Waals surface area contributed by atoms with Crippen molar-refractivity contribution in [3.63, 3.8) is 0 Å². The minimum absolute atomic E-state index is 0.00631. The fourth-order valence-corrected chi connectivity index (χ4v) is 4.90.